The molecule has 162 valence electrons. The highest BCUT2D eigenvalue weighted by atomic mass is 32.2. The van der Waals surface area contributed by atoms with Gasteiger partial charge in [-0.15, -0.1) is 0 Å². The van der Waals surface area contributed by atoms with Gasteiger partial charge in [0, 0.05) is 5.69 Å². The molecule has 0 saturated heterocycles. The third-order valence-corrected chi connectivity index (χ3v) is 7.04. The molecule has 10 heteroatoms. The van der Waals surface area contributed by atoms with Crippen molar-refractivity contribution in [3.8, 4) is 0 Å². The Morgan fingerprint density at radius 3 is 2.10 bits per heavy atom. The fourth-order valence-corrected chi connectivity index (χ4v) is 4.89. The normalized spacial score (nSPS) is 11.5. The van der Waals surface area contributed by atoms with Crippen LogP contribution >= 0.6 is 0 Å². The molecule has 3 aromatic rings. The van der Waals surface area contributed by atoms with Gasteiger partial charge in [-0.1, -0.05) is 42.0 Å². The zero-order valence-corrected chi connectivity index (χ0v) is 18.4. The van der Waals surface area contributed by atoms with Crippen molar-refractivity contribution in [2.24, 2.45) is 0 Å². The van der Waals surface area contributed by atoms with Gasteiger partial charge in [-0.25, -0.2) is 26.4 Å². The smallest absolute Gasteiger partial charge is 0.306 e. The van der Waals surface area contributed by atoms with Crippen molar-refractivity contribution in [1.82, 2.24) is 4.72 Å². The van der Waals surface area contributed by atoms with Gasteiger partial charge in [0.15, 0.2) is 0 Å². The Hall–Kier alpha value is -3.37. The Morgan fingerprint density at radius 1 is 0.742 bits per heavy atom. The summed E-state index contributed by atoms with van der Waals surface area (Å²) in [6.07, 6.45) is 0. The lowest BCUT2D eigenvalue weighted by molar-refractivity contribution is 0.256. The number of urea groups is 1. The van der Waals surface area contributed by atoms with E-state index in [4.69, 9.17) is 0 Å². The number of para-hydroxylation sites is 1. The number of carbonyl (C=O) groups excluding carboxylic acids is 1. The van der Waals surface area contributed by atoms with Crippen LogP contribution in [0.2, 0.25) is 0 Å². The van der Waals surface area contributed by atoms with E-state index in [0.29, 0.717) is 5.69 Å². The molecule has 3 rings (SSSR count). The minimum atomic E-state index is -4.13. The molecule has 0 radical (unpaired) electrons. The second kappa shape index (κ2) is 8.78. The molecule has 3 N–H and O–H groups in total. The number of nitrogens with one attached hydrogen (secondary N) is 3. The maximum atomic E-state index is 12.9. The number of hydrogen-bond donors (Lipinski definition) is 3. The summed E-state index contributed by atoms with van der Waals surface area (Å²) >= 11 is 0. The van der Waals surface area contributed by atoms with E-state index in [1.54, 1.807) is 37.3 Å². The van der Waals surface area contributed by atoms with Gasteiger partial charge >= 0.3 is 6.03 Å². The first-order valence-corrected chi connectivity index (χ1v) is 12.1. The molecular weight excluding hydrogens is 438 g/mol. The molecular formula is C21H21N3O5S2. The zero-order valence-electron chi connectivity index (χ0n) is 16.8. The SMILES string of the molecule is Cc1ccc(S(=O)(=O)NC(=O)Nc2ccccc2S(=O)(=O)Nc2cccc(C)c2)cc1. The second-order valence-electron chi connectivity index (χ2n) is 6.84. The van der Waals surface area contributed by atoms with Gasteiger partial charge in [0.05, 0.1) is 10.6 Å². The first-order valence-electron chi connectivity index (χ1n) is 9.16. The topological polar surface area (TPSA) is 121 Å². The molecule has 0 aliphatic heterocycles. The highest BCUT2D eigenvalue weighted by Gasteiger charge is 2.22. The molecule has 0 unspecified atom stereocenters. The Bertz CT molecular complexity index is 1320. The molecule has 3 aromatic carbocycles. The fourth-order valence-electron chi connectivity index (χ4n) is 2.77. The van der Waals surface area contributed by atoms with Crippen molar-refractivity contribution >= 4 is 37.5 Å². The lowest BCUT2D eigenvalue weighted by Crippen LogP contribution is -2.34. The molecule has 0 heterocycles. The standard InChI is InChI=1S/C21H21N3O5S2/c1-15-10-12-18(13-11-15)30(26,27)24-21(25)22-19-8-3-4-9-20(19)31(28,29)23-17-7-5-6-16(2)14-17/h3-14,23H,1-2H3,(H2,22,24,25). The van der Waals surface area contributed by atoms with Crippen LogP contribution in [0.5, 0.6) is 0 Å². The molecule has 2 amide bonds. The number of anilines is 2. The van der Waals surface area contributed by atoms with Crippen LogP contribution < -0.4 is 14.8 Å². The van der Waals surface area contributed by atoms with E-state index >= 15 is 0 Å². The van der Waals surface area contributed by atoms with Gasteiger partial charge in [-0.05, 0) is 55.8 Å². The number of sulfonamides is 2. The highest BCUT2D eigenvalue weighted by molar-refractivity contribution is 7.93. The lowest BCUT2D eigenvalue weighted by atomic mass is 10.2. The number of carbonyl (C=O) groups is 1. The summed E-state index contributed by atoms with van der Waals surface area (Å²) in [4.78, 5) is 12.0. The van der Waals surface area contributed by atoms with Crippen LogP contribution in [-0.2, 0) is 20.0 Å². The average Bonchev–Trinajstić information content (AvgIpc) is 2.68. The molecule has 8 nitrogen and oxygen atoms in total. The van der Waals surface area contributed by atoms with Crippen LogP contribution in [0.25, 0.3) is 0 Å². The van der Waals surface area contributed by atoms with Gasteiger partial charge < -0.3 is 5.32 Å². The molecule has 0 spiro atoms. The van der Waals surface area contributed by atoms with Crippen molar-refractivity contribution in [2.45, 2.75) is 23.6 Å². The maximum Gasteiger partial charge on any atom is 0.333 e. The Labute approximate surface area is 181 Å². The summed E-state index contributed by atoms with van der Waals surface area (Å²) in [5.74, 6) is 0. The predicted octanol–water partition coefficient (Wildman–Crippen LogP) is 3.61. The summed E-state index contributed by atoms with van der Waals surface area (Å²) in [5.41, 5.74) is 2.02. The summed E-state index contributed by atoms with van der Waals surface area (Å²) in [6.45, 7) is 3.63. The third kappa shape index (κ3) is 5.62. The van der Waals surface area contributed by atoms with E-state index in [1.165, 1.54) is 36.4 Å². The van der Waals surface area contributed by atoms with Crippen LogP contribution in [0.3, 0.4) is 0 Å². The van der Waals surface area contributed by atoms with Gasteiger partial charge in [-0.3, -0.25) is 4.72 Å². The van der Waals surface area contributed by atoms with E-state index in [-0.39, 0.29) is 15.5 Å². The van der Waals surface area contributed by atoms with Crippen molar-refractivity contribution < 1.29 is 21.6 Å². The molecule has 0 aliphatic rings. The van der Waals surface area contributed by atoms with Crippen LogP contribution in [0, 0.1) is 13.8 Å². The predicted molar refractivity (Wildman–Crippen MR) is 119 cm³/mol. The first-order chi connectivity index (χ1) is 14.6. The molecule has 31 heavy (non-hydrogen) atoms. The molecule has 0 fully saturated rings. The summed E-state index contributed by atoms with van der Waals surface area (Å²) < 4.78 is 54.8. The van der Waals surface area contributed by atoms with Crippen molar-refractivity contribution in [2.75, 3.05) is 10.0 Å². The molecule has 0 atom stereocenters. The minimum Gasteiger partial charge on any atom is -0.306 e. The number of amides is 2. The van der Waals surface area contributed by atoms with E-state index in [2.05, 4.69) is 10.0 Å². The molecule has 0 aliphatic carbocycles. The monoisotopic (exact) mass is 459 g/mol. The summed E-state index contributed by atoms with van der Waals surface area (Å²) in [5, 5.41) is 2.30. The largest absolute Gasteiger partial charge is 0.333 e. The van der Waals surface area contributed by atoms with Crippen LogP contribution in [0.1, 0.15) is 11.1 Å². The van der Waals surface area contributed by atoms with Gasteiger partial charge in [-0.2, -0.15) is 0 Å². The quantitative estimate of drug-likeness (QED) is 0.520. The number of benzene rings is 3. The first kappa shape index (κ1) is 22.3. The van der Waals surface area contributed by atoms with E-state index in [9.17, 15) is 21.6 Å². The van der Waals surface area contributed by atoms with Crippen molar-refractivity contribution in [3.05, 3.63) is 83.9 Å². The summed E-state index contributed by atoms with van der Waals surface area (Å²) in [6, 6.07) is 17.3. The third-order valence-electron chi connectivity index (χ3n) is 4.25. The van der Waals surface area contributed by atoms with E-state index < -0.39 is 26.1 Å². The van der Waals surface area contributed by atoms with Crippen LogP contribution in [0.15, 0.2) is 82.6 Å². The molecule has 0 saturated carbocycles. The average molecular weight is 460 g/mol. The number of rotatable bonds is 6. The molecule has 0 bridgehead atoms. The maximum absolute atomic E-state index is 12.9. The van der Waals surface area contributed by atoms with Crippen molar-refractivity contribution in [1.29, 1.82) is 0 Å². The lowest BCUT2D eigenvalue weighted by Gasteiger charge is -2.14. The van der Waals surface area contributed by atoms with Gasteiger partial charge in [0.25, 0.3) is 20.0 Å². The second-order valence-corrected chi connectivity index (χ2v) is 10.2. The van der Waals surface area contributed by atoms with Crippen LogP contribution in [-0.4, -0.2) is 22.9 Å². The molecule has 0 aromatic heterocycles. The van der Waals surface area contributed by atoms with Crippen LogP contribution in [0.4, 0.5) is 16.2 Å². The van der Waals surface area contributed by atoms with E-state index in [0.717, 1.165) is 11.1 Å². The van der Waals surface area contributed by atoms with Crippen molar-refractivity contribution in [3.63, 3.8) is 0 Å². The zero-order chi connectivity index (χ0) is 22.6. The Morgan fingerprint density at radius 2 is 1.42 bits per heavy atom. The highest BCUT2D eigenvalue weighted by Crippen LogP contribution is 2.24. The number of aryl methyl sites for hydroxylation is 2. The minimum absolute atomic E-state index is 0.0701. The Balaban J connectivity index is 1.81. The number of hydrogen-bond acceptors (Lipinski definition) is 5. The fraction of sp³-hybridized carbons (Fsp3) is 0.0952. The summed E-state index contributed by atoms with van der Waals surface area (Å²) in [7, 11) is -8.17. The van der Waals surface area contributed by atoms with Gasteiger partial charge in [0.1, 0.15) is 4.90 Å². The van der Waals surface area contributed by atoms with Gasteiger partial charge in [0.2, 0.25) is 0 Å². The Kier molecular flexibility index (Phi) is 6.32. The van der Waals surface area contributed by atoms with E-state index in [1.807, 2.05) is 17.7 Å².